The number of para-hydroxylation sites is 1. The summed E-state index contributed by atoms with van der Waals surface area (Å²) in [6, 6.07) is 17.1. The fourth-order valence-electron chi connectivity index (χ4n) is 3.54. The van der Waals surface area contributed by atoms with Gasteiger partial charge in [-0.15, -0.1) is 24.0 Å². The number of carbonyl (C=O) groups is 1. The maximum Gasteiger partial charge on any atom is 0.224 e. The average molecular weight is 539 g/mol. The molecule has 1 aliphatic heterocycles. The molecule has 6 nitrogen and oxygen atoms in total. The van der Waals surface area contributed by atoms with E-state index in [-0.39, 0.29) is 35.7 Å². The van der Waals surface area contributed by atoms with Crippen LogP contribution in [0, 0.1) is 5.82 Å². The minimum absolute atomic E-state index is 0. The van der Waals surface area contributed by atoms with E-state index in [4.69, 9.17) is 0 Å². The minimum Gasteiger partial charge on any atom is -0.368 e. The van der Waals surface area contributed by atoms with Gasteiger partial charge in [-0.1, -0.05) is 36.4 Å². The smallest absolute Gasteiger partial charge is 0.224 e. The predicted octanol–water partition coefficient (Wildman–Crippen LogP) is 2.89. The van der Waals surface area contributed by atoms with Crippen LogP contribution >= 0.6 is 24.0 Å². The molecule has 0 aliphatic carbocycles. The molecule has 1 amide bonds. The number of hydrogen-bond acceptors (Lipinski definition) is 3. The van der Waals surface area contributed by atoms with E-state index in [1.807, 2.05) is 29.2 Å². The third-order valence-electron chi connectivity index (χ3n) is 5.25. The number of carbonyl (C=O) groups excluding carboxylic acids is 1. The number of nitrogens with zero attached hydrogens (tertiary/aromatic N) is 3. The quantitative estimate of drug-likeness (QED) is 0.323. The summed E-state index contributed by atoms with van der Waals surface area (Å²) >= 11 is 0. The van der Waals surface area contributed by atoms with Crippen LogP contribution in [0.4, 0.5) is 10.1 Å². The van der Waals surface area contributed by atoms with E-state index in [9.17, 15) is 9.18 Å². The maximum absolute atomic E-state index is 13.7. The van der Waals surface area contributed by atoms with Crippen molar-refractivity contribution in [3.8, 4) is 0 Å². The van der Waals surface area contributed by atoms with Crippen molar-refractivity contribution >= 4 is 41.5 Å². The Kier molecular flexibility index (Phi) is 10.6. The Balaban J connectivity index is 0.00000341. The Morgan fingerprint density at radius 3 is 2.29 bits per heavy atom. The van der Waals surface area contributed by atoms with Gasteiger partial charge in [-0.25, -0.2) is 4.39 Å². The molecule has 168 valence electrons. The van der Waals surface area contributed by atoms with Crippen molar-refractivity contribution < 1.29 is 9.18 Å². The van der Waals surface area contributed by atoms with E-state index >= 15 is 0 Å². The van der Waals surface area contributed by atoms with Crippen molar-refractivity contribution in [2.45, 2.75) is 12.8 Å². The lowest BCUT2D eigenvalue weighted by Crippen LogP contribution is -2.49. The highest BCUT2D eigenvalue weighted by Crippen LogP contribution is 2.15. The Bertz CT molecular complexity index is 841. The Morgan fingerprint density at radius 2 is 1.61 bits per heavy atom. The summed E-state index contributed by atoms with van der Waals surface area (Å²) in [5.74, 6) is 0.574. The molecule has 0 saturated carbocycles. The van der Waals surface area contributed by atoms with Gasteiger partial charge >= 0.3 is 0 Å². The van der Waals surface area contributed by atoms with Gasteiger partial charge in [0.25, 0.3) is 0 Å². The molecule has 31 heavy (non-hydrogen) atoms. The summed E-state index contributed by atoms with van der Waals surface area (Å²) in [5, 5.41) is 6.33. The second-order valence-corrected chi connectivity index (χ2v) is 7.22. The molecule has 1 fully saturated rings. The first-order valence-electron chi connectivity index (χ1n) is 10.4. The Morgan fingerprint density at radius 1 is 0.968 bits per heavy atom. The van der Waals surface area contributed by atoms with Gasteiger partial charge in [0.1, 0.15) is 5.82 Å². The second-order valence-electron chi connectivity index (χ2n) is 7.22. The van der Waals surface area contributed by atoms with E-state index in [1.165, 1.54) is 11.8 Å². The van der Waals surface area contributed by atoms with Crippen molar-refractivity contribution in [2.75, 3.05) is 51.2 Å². The number of benzene rings is 2. The van der Waals surface area contributed by atoms with Crippen LogP contribution in [0.25, 0.3) is 0 Å². The highest BCUT2D eigenvalue weighted by molar-refractivity contribution is 14.0. The van der Waals surface area contributed by atoms with Gasteiger partial charge in [-0.2, -0.15) is 0 Å². The van der Waals surface area contributed by atoms with Gasteiger partial charge < -0.3 is 20.4 Å². The zero-order valence-electron chi connectivity index (χ0n) is 17.9. The summed E-state index contributed by atoms with van der Waals surface area (Å²) in [7, 11) is 1.68. The standard InChI is InChI=1S/C23H30FN5O.HI/c1-25-23(26-13-11-19-7-5-6-10-21(19)24)27-14-12-22(30)29-17-15-28(16-18-29)20-8-3-2-4-9-20;/h2-10H,11-18H2,1H3,(H2,25,26,27);1H. The molecule has 2 aromatic rings. The minimum atomic E-state index is -0.194. The molecule has 0 aromatic heterocycles. The molecule has 0 bridgehead atoms. The maximum atomic E-state index is 13.7. The number of anilines is 1. The van der Waals surface area contributed by atoms with Crippen molar-refractivity contribution in [1.29, 1.82) is 0 Å². The molecule has 8 heteroatoms. The molecule has 0 spiro atoms. The third-order valence-corrected chi connectivity index (χ3v) is 5.25. The van der Waals surface area contributed by atoms with Crippen LogP contribution in [0.2, 0.25) is 0 Å². The van der Waals surface area contributed by atoms with Crippen molar-refractivity contribution in [1.82, 2.24) is 15.5 Å². The van der Waals surface area contributed by atoms with Crippen LogP contribution in [-0.4, -0.2) is 63.1 Å². The van der Waals surface area contributed by atoms with Gasteiger partial charge in [-0.05, 0) is 30.2 Å². The number of nitrogens with one attached hydrogen (secondary N) is 2. The topological polar surface area (TPSA) is 60.0 Å². The highest BCUT2D eigenvalue weighted by Gasteiger charge is 2.20. The molecule has 0 radical (unpaired) electrons. The first-order chi connectivity index (χ1) is 14.7. The normalized spacial score (nSPS) is 14.1. The van der Waals surface area contributed by atoms with Gasteiger partial charge in [0.2, 0.25) is 5.91 Å². The number of aliphatic imine (C=N–C) groups is 1. The van der Waals surface area contributed by atoms with Crippen LogP contribution < -0.4 is 15.5 Å². The molecule has 2 aromatic carbocycles. The summed E-state index contributed by atoms with van der Waals surface area (Å²) < 4.78 is 13.7. The second kappa shape index (κ2) is 13.1. The molecule has 2 N–H and O–H groups in total. The number of rotatable bonds is 7. The van der Waals surface area contributed by atoms with Gasteiger partial charge in [0, 0.05) is 58.4 Å². The lowest BCUT2D eigenvalue weighted by atomic mass is 10.1. The van der Waals surface area contributed by atoms with Crippen molar-refractivity contribution in [3.63, 3.8) is 0 Å². The lowest BCUT2D eigenvalue weighted by molar-refractivity contribution is -0.131. The monoisotopic (exact) mass is 539 g/mol. The predicted molar refractivity (Wildman–Crippen MR) is 135 cm³/mol. The number of halogens is 2. The molecular formula is C23H31FIN5O. The van der Waals surface area contributed by atoms with Crippen LogP contribution in [0.3, 0.4) is 0 Å². The van der Waals surface area contributed by atoms with Gasteiger partial charge in [0.05, 0.1) is 0 Å². The van der Waals surface area contributed by atoms with E-state index in [2.05, 4.69) is 32.7 Å². The molecule has 1 aliphatic rings. The van der Waals surface area contributed by atoms with Crippen LogP contribution in [-0.2, 0) is 11.2 Å². The van der Waals surface area contributed by atoms with Crippen LogP contribution in [0.5, 0.6) is 0 Å². The van der Waals surface area contributed by atoms with Gasteiger partial charge in [0.15, 0.2) is 5.96 Å². The zero-order chi connectivity index (χ0) is 21.2. The van der Waals surface area contributed by atoms with E-state index in [0.717, 1.165) is 26.2 Å². The van der Waals surface area contributed by atoms with E-state index < -0.39 is 0 Å². The highest BCUT2D eigenvalue weighted by atomic mass is 127. The largest absolute Gasteiger partial charge is 0.368 e. The van der Waals surface area contributed by atoms with Crippen LogP contribution in [0.1, 0.15) is 12.0 Å². The number of amides is 1. The van der Waals surface area contributed by atoms with E-state index in [1.54, 1.807) is 19.2 Å². The summed E-state index contributed by atoms with van der Waals surface area (Å²) in [6.07, 6.45) is 0.983. The molecule has 0 unspecified atom stereocenters. The first kappa shape index (κ1) is 24.9. The molecule has 1 saturated heterocycles. The lowest BCUT2D eigenvalue weighted by Gasteiger charge is -2.36. The van der Waals surface area contributed by atoms with Crippen molar-refractivity contribution in [3.05, 3.63) is 66.0 Å². The number of guanidine groups is 1. The Labute approximate surface area is 200 Å². The van der Waals surface area contributed by atoms with Crippen molar-refractivity contribution in [2.24, 2.45) is 4.99 Å². The third kappa shape index (κ3) is 7.68. The fraction of sp³-hybridized carbons (Fsp3) is 0.391. The molecule has 0 atom stereocenters. The number of piperazine rings is 1. The first-order valence-corrected chi connectivity index (χ1v) is 10.4. The van der Waals surface area contributed by atoms with E-state index in [0.29, 0.717) is 37.5 Å². The summed E-state index contributed by atoms with van der Waals surface area (Å²) in [4.78, 5) is 20.9. The zero-order valence-corrected chi connectivity index (χ0v) is 20.2. The Hall–Kier alpha value is -2.36. The molecule has 1 heterocycles. The molecule has 3 rings (SSSR count). The number of hydrogen-bond donors (Lipinski definition) is 2. The average Bonchev–Trinajstić information content (AvgIpc) is 2.80. The summed E-state index contributed by atoms with van der Waals surface area (Å²) in [6.45, 7) is 4.25. The van der Waals surface area contributed by atoms with Crippen LogP contribution in [0.15, 0.2) is 59.6 Å². The SMILES string of the molecule is CN=C(NCCC(=O)N1CCN(c2ccccc2)CC1)NCCc1ccccc1F.I. The molecular weight excluding hydrogens is 508 g/mol. The van der Waals surface area contributed by atoms with Gasteiger partial charge in [-0.3, -0.25) is 9.79 Å². The summed E-state index contributed by atoms with van der Waals surface area (Å²) in [5.41, 5.74) is 1.88. The fourth-order valence-corrected chi connectivity index (χ4v) is 3.54.